The van der Waals surface area contributed by atoms with Gasteiger partial charge in [0.2, 0.25) is 0 Å². The molecule has 1 rings (SSSR count). The average Bonchev–Trinajstić information content (AvgIpc) is 2.35. The number of rotatable bonds is 4. The SMILES string of the molecule is COC(=O)C(C)(C)[C@H](N)c1cccc(OC(F)(F)F)c1.Cl. The Morgan fingerprint density at radius 1 is 1.29 bits per heavy atom. The van der Waals surface area contributed by atoms with Gasteiger partial charge in [0.25, 0.3) is 0 Å². The van der Waals surface area contributed by atoms with Crippen LogP contribution in [0, 0.1) is 5.41 Å². The minimum atomic E-state index is -4.78. The summed E-state index contributed by atoms with van der Waals surface area (Å²) >= 11 is 0. The lowest BCUT2D eigenvalue weighted by Gasteiger charge is -2.29. The maximum atomic E-state index is 12.2. The van der Waals surface area contributed by atoms with E-state index in [1.165, 1.54) is 19.2 Å². The molecule has 1 aromatic rings. The summed E-state index contributed by atoms with van der Waals surface area (Å²) in [5, 5.41) is 0. The van der Waals surface area contributed by atoms with E-state index in [0.717, 1.165) is 12.1 Å². The van der Waals surface area contributed by atoms with Gasteiger partial charge < -0.3 is 15.2 Å². The molecule has 0 radical (unpaired) electrons. The predicted molar refractivity (Wildman–Crippen MR) is 73.1 cm³/mol. The molecule has 120 valence electrons. The number of ether oxygens (including phenoxy) is 2. The maximum Gasteiger partial charge on any atom is 0.573 e. The maximum absolute atomic E-state index is 12.2. The number of alkyl halides is 3. The lowest BCUT2D eigenvalue weighted by molar-refractivity contribution is -0.274. The van der Waals surface area contributed by atoms with Gasteiger partial charge in [0, 0.05) is 6.04 Å². The summed E-state index contributed by atoms with van der Waals surface area (Å²) in [6, 6.07) is 4.40. The largest absolute Gasteiger partial charge is 0.573 e. The molecule has 0 aliphatic carbocycles. The van der Waals surface area contributed by atoms with Crippen LogP contribution >= 0.6 is 12.4 Å². The van der Waals surface area contributed by atoms with Crippen LogP contribution in [0.3, 0.4) is 0 Å². The molecule has 2 N–H and O–H groups in total. The Morgan fingerprint density at radius 3 is 2.33 bits per heavy atom. The van der Waals surface area contributed by atoms with Crippen molar-refractivity contribution in [1.29, 1.82) is 0 Å². The van der Waals surface area contributed by atoms with Crippen LogP contribution in [0.2, 0.25) is 0 Å². The highest BCUT2D eigenvalue weighted by Gasteiger charge is 2.37. The minimum Gasteiger partial charge on any atom is -0.469 e. The number of carbonyl (C=O) groups is 1. The second-order valence-electron chi connectivity index (χ2n) is 4.81. The fraction of sp³-hybridized carbons (Fsp3) is 0.462. The zero-order valence-corrected chi connectivity index (χ0v) is 12.5. The highest BCUT2D eigenvalue weighted by atomic mass is 35.5. The quantitative estimate of drug-likeness (QED) is 0.863. The third-order valence-corrected chi connectivity index (χ3v) is 2.94. The molecule has 0 bridgehead atoms. The highest BCUT2D eigenvalue weighted by Crippen LogP contribution is 2.34. The van der Waals surface area contributed by atoms with Crippen LogP contribution in [-0.4, -0.2) is 19.4 Å². The molecule has 1 atom stereocenters. The predicted octanol–water partition coefficient (Wildman–Crippen LogP) is 3.21. The van der Waals surface area contributed by atoms with Crippen LogP contribution in [0.5, 0.6) is 5.75 Å². The van der Waals surface area contributed by atoms with Gasteiger partial charge in [-0.05, 0) is 31.5 Å². The molecule has 0 fully saturated rings. The van der Waals surface area contributed by atoms with Gasteiger partial charge in [0.15, 0.2) is 0 Å². The van der Waals surface area contributed by atoms with Gasteiger partial charge >= 0.3 is 12.3 Å². The van der Waals surface area contributed by atoms with Gasteiger partial charge in [-0.1, -0.05) is 12.1 Å². The lowest BCUT2D eigenvalue weighted by Crippen LogP contribution is -2.37. The first-order valence-corrected chi connectivity index (χ1v) is 5.77. The zero-order chi connectivity index (χ0) is 15.6. The van der Waals surface area contributed by atoms with E-state index in [4.69, 9.17) is 5.73 Å². The fourth-order valence-corrected chi connectivity index (χ4v) is 1.71. The normalized spacial score (nSPS) is 13.1. The monoisotopic (exact) mass is 327 g/mol. The Morgan fingerprint density at radius 2 is 1.86 bits per heavy atom. The molecule has 0 aromatic heterocycles. The van der Waals surface area contributed by atoms with E-state index in [0.29, 0.717) is 5.56 Å². The van der Waals surface area contributed by atoms with Gasteiger partial charge in [0.1, 0.15) is 5.75 Å². The molecule has 8 heteroatoms. The molecule has 0 saturated heterocycles. The van der Waals surface area contributed by atoms with E-state index in [9.17, 15) is 18.0 Å². The number of halogens is 4. The number of carbonyl (C=O) groups excluding carboxylic acids is 1. The molecular weight excluding hydrogens is 311 g/mol. The Kier molecular flexibility index (Phi) is 6.51. The van der Waals surface area contributed by atoms with Crippen molar-refractivity contribution in [3.05, 3.63) is 29.8 Å². The number of nitrogens with two attached hydrogens (primary N) is 1. The molecule has 1 aromatic carbocycles. The summed E-state index contributed by atoms with van der Waals surface area (Å²) in [4.78, 5) is 11.6. The van der Waals surface area contributed by atoms with Crippen LogP contribution in [0.4, 0.5) is 13.2 Å². The third kappa shape index (κ3) is 5.09. The Labute approximate surface area is 126 Å². The van der Waals surface area contributed by atoms with E-state index in [1.807, 2.05) is 0 Å². The van der Waals surface area contributed by atoms with E-state index >= 15 is 0 Å². The summed E-state index contributed by atoms with van der Waals surface area (Å²) in [7, 11) is 1.22. The van der Waals surface area contributed by atoms with Crippen molar-refractivity contribution in [2.75, 3.05) is 7.11 Å². The average molecular weight is 328 g/mol. The molecule has 0 spiro atoms. The molecule has 4 nitrogen and oxygen atoms in total. The van der Waals surface area contributed by atoms with Gasteiger partial charge in [-0.2, -0.15) is 0 Å². The second-order valence-corrected chi connectivity index (χ2v) is 4.81. The van der Waals surface area contributed by atoms with Crippen molar-refractivity contribution in [2.45, 2.75) is 26.3 Å². The van der Waals surface area contributed by atoms with Crippen LogP contribution in [0.15, 0.2) is 24.3 Å². The number of benzene rings is 1. The van der Waals surface area contributed by atoms with Crippen LogP contribution < -0.4 is 10.5 Å². The molecule has 0 heterocycles. The van der Waals surface area contributed by atoms with Crippen LogP contribution in [0.25, 0.3) is 0 Å². The van der Waals surface area contributed by atoms with Gasteiger partial charge in [-0.3, -0.25) is 4.79 Å². The molecule has 0 amide bonds. The summed E-state index contributed by atoms with van der Waals surface area (Å²) < 4.78 is 44.9. The van der Waals surface area contributed by atoms with Crippen LogP contribution in [0.1, 0.15) is 25.5 Å². The summed E-state index contributed by atoms with van der Waals surface area (Å²) in [6.07, 6.45) is -4.78. The van der Waals surface area contributed by atoms with Crippen molar-refractivity contribution in [3.8, 4) is 5.75 Å². The fourth-order valence-electron chi connectivity index (χ4n) is 1.71. The van der Waals surface area contributed by atoms with Gasteiger partial charge in [-0.25, -0.2) is 0 Å². The number of hydrogen-bond donors (Lipinski definition) is 1. The van der Waals surface area contributed by atoms with Gasteiger partial charge in [-0.15, -0.1) is 25.6 Å². The third-order valence-electron chi connectivity index (χ3n) is 2.94. The molecule has 0 unspecified atom stereocenters. The Bertz CT molecular complexity index is 492. The van der Waals surface area contributed by atoms with Crippen molar-refractivity contribution in [2.24, 2.45) is 11.1 Å². The van der Waals surface area contributed by atoms with Crippen molar-refractivity contribution in [3.63, 3.8) is 0 Å². The van der Waals surface area contributed by atoms with E-state index < -0.39 is 23.8 Å². The molecule has 0 saturated carbocycles. The first-order valence-electron chi connectivity index (χ1n) is 5.77. The number of esters is 1. The van der Waals surface area contributed by atoms with Crippen molar-refractivity contribution >= 4 is 18.4 Å². The van der Waals surface area contributed by atoms with Crippen molar-refractivity contribution in [1.82, 2.24) is 0 Å². The van der Waals surface area contributed by atoms with Crippen LogP contribution in [-0.2, 0) is 9.53 Å². The smallest absolute Gasteiger partial charge is 0.469 e. The summed E-state index contributed by atoms with van der Waals surface area (Å²) in [5.74, 6) is -0.932. The summed E-state index contributed by atoms with van der Waals surface area (Å²) in [6.45, 7) is 3.11. The zero-order valence-electron chi connectivity index (χ0n) is 11.7. The lowest BCUT2D eigenvalue weighted by atomic mass is 9.81. The van der Waals surface area contributed by atoms with Crippen molar-refractivity contribution < 1.29 is 27.4 Å². The van der Waals surface area contributed by atoms with E-state index in [-0.39, 0.29) is 18.2 Å². The highest BCUT2D eigenvalue weighted by molar-refractivity contribution is 5.85. The molecule has 21 heavy (non-hydrogen) atoms. The number of methoxy groups -OCH3 is 1. The standard InChI is InChI=1S/C13H16F3NO3.ClH/c1-12(2,11(18)19-3)10(17)8-5-4-6-9(7-8)20-13(14,15)16;/h4-7,10H,17H2,1-3H3;1H/t10-;/m1./s1. The molecular formula is C13H17ClF3NO3. The van der Waals surface area contributed by atoms with E-state index in [2.05, 4.69) is 9.47 Å². The topological polar surface area (TPSA) is 61.5 Å². The first kappa shape index (κ1) is 19.5. The van der Waals surface area contributed by atoms with E-state index in [1.54, 1.807) is 13.8 Å². The Balaban J connectivity index is 0.00000400. The van der Waals surface area contributed by atoms with Gasteiger partial charge in [0.05, 0.1) is 12.5 Å². The molecule has 0 aliphatic rings. The Hall–Kier alpha value is -1.47. The molecule has 0 aliphatic heterocycles. The minimum absolute atomic E-state index is 0. The second kappa shape index (κ2) is 7.00. The number of hydrogen-bond acceptors (Lipinski definition) is 4. The summed E-state index contributed by atoms with van der Waals surface area (Å²) in [5.41, 5.74) is 5.22. The first-order chi connectivity index (χ1) is 9.08.